The molecule has 0 fully saturated rings. The fourth-order valence-corrected chi connectivity index (χ4v) is 2.85. The third-order valence-corrected chi connectivity index (χ3v) is 4.21. The Hall–Kier alpha value is -2.40. The Bertz CT molecular complexity index is 923. The van der Waals surface area contributed by atoms with Crippen molar-refractivity contribution in [3.63, 3.8) is 0 Å². The van der Waals surface area contributed by atoms with Crippen LogP contribution in [0.3, 0.4) is 0 Å². The van der Waals surface area contributed by atoms with Crippen LogP contribution in [0.5, 0.6) is 0 Å². The van der Waals surface area contributed by atoms with E-state index in [0.29, 0.717) is 5.69 Å². The number of benzene rings is 2. The molecule has 0 N–H and O–H groups in total. The van der Waals surface area contributed by atoms with Crippen molar-refractivity contribution in [2.45, 2.75) is 6.92 Å². The molecule has 0 aliphatic carbocycles. The first-order chi connectivity index (χ1) is 11.1. The van der Waals surface area contributed by atoms with Crippen molar-refractivity contribution in [2.75, 3.05) is 0 Å². The van der Waals surface area contributed by atoms with E-state index >= 15 is 0 Å². The van der Waals surface area contributed by atoms with E-state index in [9.17, 15) is 4.79 Å². The maximum Gasteiger partial charge on any atom is 0.297 e. The van der Waals surface area contributed by atoms with Gasteiger partial charge in [0.15, 0.2) is 5.69 Å². The summed E-state index contributed by atoms with van der Waals surface area (Å²) < 4.78 is 4.43. The zero-order valence-electron chi connectivity index (χ0n) is 12.9. The van der Waals surface area contributed by atoms with Gasteiger partial charge in [-0.3, -0.25) is 9.48 Å². The van der Waals surface area contributed by atoms with Gasteiger partial charge in [-0.05, 0) is 36.8 Å². The Morgan fingerprint density at radius 3 is 2.52 bits per heavy atom. The van der Waals surface area contributed by atoms with E-state index in [2.05, 4.69) is 20.9 Å². The summed E-state index contributed by atoms with van der Waals surface area (Å²) in [6, 6.07) is 17.4. The summed E-state index contributed by atoms with van der Waals surface area (Å²) in [4.78, 5) is 17.1. The minimum absolute atomic E-state index is 0.123. The zero-order valence-corrected chi connectivity index (χ0v) is 14.5. The molecule has 0 saturated heterocycles. The van der Waals surface area contributed by atoms with Gasteiger partial charge in [0, 0.05) is 17.7 Å². The van der Waals surface area contributed by atoms with Crippen LogP contribution in [0.4, 0.5) is 5.69 Å². The number of aliphatic imine (C=N–C) groups is 1. The van der Waals surface area contributed by atoms with Crippen molar-refractivity contribution >= 4 is 27.8 Å². The Labute approximate surface area is 142 Å². The molecule has 1 aromatic heterocycles. The number of para-hydroxylation sites is 1. The first-order valence-corrected chi connectivity index (χ1v) is 8.01. The Morgan fingerprint density at radius 1 is 1.09 bits per heavy atom. The second-order valence-corrected chi connectivity index (χ2v) is 6.14. The van der Waals surface area contributed by atoms with E-state index in [4.69, 9.17) is 0 Å². The molecule has 5 heteroatoms. The predicted octanol–water partition coefficient (Wildman–Crippen LogP) is 4.00. The van der Waals surface area contributed by atoms with Gasteiger partial charge >= 0.3 is 0 Å². The first kappa shape index (κ1) is 15.5. The molecule has 0 saturated carbocycles. The second kappa shape index (κ2) is 6.38. The molecule has 3 aromatic rings. The minimum atomic E-state index is -0.123. The molecule has 0 unspecified atom stereocenters. The summed E-state index contributed by atoms with van der Waals surface area (Å²) >= 11 is 3.43. The quantitative estimate of drug-likeness (QED) is 0.643. The Balaban J connectivity index is 2.06. The highest BCUT2D eigenvalue weighted by Crippen LogP contribution is 2.17. The van der Waals surface area contributed by atoms with Crippen LogP contribution in [0.25, 0.3) is 5.69 Å². The van der Waals surface area contributed by atoms with E-state index in [1.54, 1.807) is 10.9 Å². The molecular formula is C18H16BrN3O. The molecule has 3 rings (SSSR count). The molecule has 0 aliphatic rings. The summed E-state index contributed by atoms with van der Waals surface area (Å²) in [6.07, 6.45) is 1.71. The number of nitrogens with zero attached hydrogens (tertiary/aromatic N) is 3. The number of hydrogen-bond donors (Lipinski definition) is 0. The monoisotopic (exact) mass is 369 g/mol. The predicted molar refractivity (Wildman–Crippen MR) is 97.1 cm³/mol. The molecular weight excluding hydrogens is 354 g/mol. The lowest BCUT2D eigenvalue weighted by Crippen LogP contribution is -2.19. The van der Waals surface area contributed by atoms with Crippen molar-refractivity contribution in [2.24, 2.45) is 12.0 Å². The van der Waals surface area contributed by atoms with Gasteiger partial charge in [0.25, 0.3) is 5.56 Å². The lowest BCUT2D eigenvalue weighted by molar-refractivity contribution is 0.630. The smallest absolute Gasteiger partial charge is 0.283 e. The van der Waals surface area contributed by atoms with Crippen LogP contribution in [-0.4, -0.2) is 15.6 Å². The highest BCUT2D eigenvalue weighted by molar-refractivity contribution is 9.10. The van der Waals surface area contributed by atoms with E-state index < -0.39 is 0 Å². The molecule has 0 aliphatic heterocycles. The van der Waals surface area contributed by atoms with Gasteiger partial charge in [-0.2, -0.15) is 0 Å². The SMILES string of the molecule is Cc1c(N=Cc2cccc(Br)c2)c(=O)n(-c2ccccc2)n1C. The largest absolute Gasteiger partial charge is 0.297 e. The molecule has 4 nitrogen and oxygen atoms in total. The van der Waals surface area contributed by atoms with E-state index in [-0.39, 0.29) is 5.56 Å². The summed E-state index contributed by atoms with van der Waals surface area (Å²) in [6.45, 7) is 1.90. The van der Waals surface area contributed by atoms with Crippen molar-refractivity contribution < 1.29 is 0 Å². The normalized spacial score (nSPS) is 11.3. The van der Waals surface area contributed by atoms with Crippen LogP contribution in [0, 0.1) is 6.92 Å². The molecule has 0 radical (unpaired) electrons. The van der Waals surface area contributed by atoms with Crippen molar-refractivity contribution in [1.82, 2.24) is 9.36 Å². The molecule has 0 amide bonds. The molecule has 2 aromatic carbocycles. The molecule has 0 bridgehead atoms. The van der Waals surface area contributed by atoms with Crippen molar-refractivity contribution in [3.05, 3.63) is 80.7 Å². The minimum Gasteiger partial charge on any atom is -0.283 e. The van der Waals surface area contributed by atoms with E-state index in [1.807, 2.05) is 73.3 Å². The van der Waals surface area contributed by atoms with Crippen LogP contribution in [0.15, 0.2) is 68.9 Å². The van der Waals surface area contributed by atoms with Crippen LogP contribution in [-0.2, 0) is 7.05 Å². The lowest BCUT2D eigenvalue weighted by Gasteiger charge is -2.07. The van der Waals surface area contributed by atoms with E-state index in [1.165, 1.54) is 0 Å². The molecule has 23 heavy (non-hydrogen) atoms. The van der Waals surface area contributed by atoms with Gasteiger partial charge in [-0.25, -0.2) is 9.67 Å². The van der Waals surface area contributed by atoms with Crippen LogP contribution < -0.4 is 5.56 Å². The summed E-state index contributed by atoms with van der Waals surface area (Å²) in [5.74, 6) is 0. The average molecular weight is 370 g/mol. The second-order valence-electron chi connectivity index (χ2n) is 5.22. The van der Waals surface area contributed by atoms with Crippen molar-refractivity contribution in [3.8, 4) is 5.69 Å². The van der Waals surface area contributed by atoms with E-state index in [0.717, 1.165) is 21.4 Å². The number of aromatic nitrogens is 2. The van der Waals surface area contributed by atoms with Crippen molar-refractivity contribution in [1.29, 1.82) is 0 Å². The topological polar surface area (TPSA) is 39.3 Å². The highest BCUT2D eigenvalue weighted by Gasteiger charge is 2.14. The zero-order chi connectivity index (χ0) is 16.4. The van der Waals surface area contributed by atoms with Crippen LogP contribution in [0.2, 0.25) is 0 Å². The molecule has 116 valence electrons. The van der Waals surface area contributed by atoms with Crippen LogP contribution in [0.1, 0.15) is 11.3 Å². The molecule has 0 atom stereocenters. The summed E-state index contributed by atoms with van der Waals surface area (Å²) in [7, 11) is 1.86. The van der Waals surface area contributed by atoms with Gasteiger partial charge in [-0.15, -0.1) is 0 Å². The molecule has 1 heterocycles. The fourth-order valence-electron chi connectivity index (χ4n) is 2.43. The number of hydrogen-bond acceptors (Lipinski definition) is 2. The average Bonchev–Trinajstić information content (AvgIpc) is 2.76. The third-order valence-electron chi connectivity index (χ3n) is 3.72. The number of halogens is 1. The van der Waals surface area contributed by atoms with Gasteiger partial charge in [0.05, 0.1) is 11.4 Å². The van der Waals surface area contributed by atoms with Gasteiger partial charge < -0.3 is 0 Å². The van der Waals surface area contributed by atoms with Gasteiger partial charge in [-0.1, -0.05) is 46.3 Å². The summed E-state index contributed by atoms with van der Waals surface area (Å²) in [5, 5.41) is 0. The maximum absolute atomic E-state index is 12.7. The fraction of sp³-hybridized carbons (Fsp3) is 0.111. The highest BCUT2D eigenvalue weighted by atomic mass is 79.9. The lowest BCUT2D eigenvalue weighted by atomic mass is 10.2. The third kappa shape index (κ3) is 3.05. The first-order valence-electron chi connectivity index (χ1n) is 7.21. The maximum atomic E-state index is 12.7. The number of rotatable bonds is 3. The van der Waals surface area contributed by atoms with Gasteiger partial charge in [0.1, 0.15) is 0 Å². The van der Waals surface area contributed by atoms with Crippen LogP contribution >= 0.6 is 15.9 Å². The standard InChI is InChI=1S/C18H16BrN3O/c1-13-17(20-12-14-7-6-8-15(19)11-14)18(23)22(21(13)2)16-9-4-3-5-10-16/h3-12H,1-2H3. The Morgan fingerprint density at radius 2 is 1.83 bits per heavy atom. The van der Waals surface area contributed by atoms with Gasteiger partial charge in [0.2, 0.25) is 0 Å². The molecule has 0 spiro atoms. The Kier molecular flexibility index (Phi) is 4.30. The summed E-state index contributed by atoms with van der Waals surface area (Å²) in [5.41, 5.74) is 2.92.